The Morgan fingerprint density at radius 2 is 1.03 bits per heavy atom. The van der Waals surface area contributed by atoms with E-state index in [0.29, 0.717) is 5.67 Å². The summed E-state index contributed by atoms with van der Waals surface area (Å²) in [6.45, 7) is 29.8. The fraction of sp³-hybridized carbons (Fsp3) is 0.800. The average Bonchev–Trinajstić information content (AvgIpc) is 2.75. The first-order valence-corrected chi connectivity index (χ1v) is 33.3. The topological polar surface area (TPSA) is 113 Å². The summed E-state index contributed by atoms with van der Waals surface area (Å²) in [7, 11) is -19.5. The van der Waals surface area contributed by atoms with Crippen LogP contribution in [0.4, 0.5) is 0 Å². The molecule has 0 spiro atoms. The summed E-state index contributed by atoms with van der Waals surface area (Å²) < 4.78 is 61.9. The van der Waals surface area contributed by atoms with Crippen LogP contribution in [0.5, 0.6) is 0 Å². The normalized spacial score (nSPS) is 18.7. The van der Waals surface area contributed by atoms with Crippen LogP contribution >= 0.6 is 0 Å². The Hall–Kier alpha value is 0.775. The first-order chi connectivity index (χ1) is 17.3. The Bertz CT molecular complexity index is 804. The van der Waals surface area contributed by atoms with Crippen molar-refractivity contribution < 1.29 is 47.2 Å². The Balaban J connectivity index is 7.12. The van der Waals surface area contributed by atoms with Crippen LogP contribution in [0.15, 0.2) is 24.6 Å². The molecule has 0 aliphatic carbocycles. The van der Waals surface area contributed by atoms with Crippen LogP contribution in [0.1, 0.15) is 0 Å². The second-order valence-electron chi connectivity index (χ2n) is 12.5. The van der Waals surface area contributed by atoms with Crippen LogP contribution in [0.2, 0.25) is 77.7 Å². The maximum atomic E-state index is 12.0. The van der Waals surface area contributed by atoms with Crippen LogP contribution in [0.3, 0.4) is 0 Å². The highest BCUT2D eigenvalue weighted by atomic mass is 28.6. The largest absolute Gasteiger partial charge is 0.663 e. The summed E-state index contributed by atoms with van der Waals surface area (Å²) >= 11 is 0. The van der Waals surface area contributed by atoms with Gasteiger partial charge in [0.1, 0.15) is 0 Å². The summed E-state index contributed by atoms with van der Waals surface area (Å²) in [5, 5.41) is 0. The Kier molecular flexibility index (Phi) is 14.8. The lowest BCUT2D eigenvalue weighted by Crippen LogP contribution is -2.71. The second-order valence-corrected chi connectivity index (χ2v) is 42.1. The zero-order valence-corrected chi connectivity index (χ0v) is 34.8. The summed E-state index contributed by atoms with van der Waals surface area (Å²) in [4.78, 5) is 12.0. The summed E-state index contributed by atoms with van der Waals surface area (Å²) in [6, 6.07) is 0. The Morgan fingerprint density at radius 3 is 1.36 bits per heavy atom. The van der Waals surface area contributed by atoms with Crippen LogP contribution in [-0.4, -0.2) is 102 Å². The van der Waals surface area contributed by atoms with Gasteiger partial charge in [-0.05, 0) is 45.8 Å². The van der Waals surface area contributed by atoms with Crippen molar-refractivity contribution in [2.75, 3.05) is 28.4 Å². The van der Waals surface area contributed by atoms with Crippen molar-refractivity contribution in [3.05, 3.63) is 24.6 Å². The van der Waals surface area contributed by atoms with Crippen molar-refractivity contribution in [2.45, 2.75) is 77.7 Å². The predicted octanol–water partition coefficient (Wildman–Crippen LogP) is 4.62. The Labute approximate surface area is 245 Å². The minimum atomic E-state index is -4.64. The van der Waals surface area contributed by atoms with Crippen LogP contribution in [0.25, 0.3) is 0 Å². The maximum Gasteiger partial charge on any atom is 0.663 e. The van der Waals surface area contributed by atoms with E-state index < -0.39 is 68.7 Å². The molecular formula is C20H54O11Si8. The molecule has 0 saturated heterocycles. The fourth-order valence-electron chi connectivity index (χ4n) is 3.10. The van der Waals surface area contributed by atoms with Crippen LogP contribution in [-0.2, 0) is 42.4 Å². The average molecular weight is 695 g/mol. The highest BCUT2D eigenvalue weighted by Crippen LogP contribution is 2.35. The third kappa shape index (κ3) is 14.2. The summed E-state index contributed by atoms with van der Waals surface area (Å²) in [6.07, 6.45) is 0. The van der Waals surface area contributed by atoms with Crippen molar-refractivity contribution in [2.24, 2.45) is 0 Å². The van der Waals surface area contributed by atoms with Crippen molar-refractivity contribution in [1.29, 1.82) is 0 Å². The standard InChI is InChI=1S/C20H54O11Si8/c1-18-34(13,14)27-37(20-32(7,8)9,29-36(17,22-3)23-4)30-38(21,24-5)31-39(25-6,26-33(10,11)12)28-35(15,16)19-2/h18-19,21H,1-2,20H2,3-17H3. The van der Waals surface area contributed by atoms with Gasteiger partial charge in [-0.25, -0.2) is 0 Å². The fourth-order valence-corrected chi connectivity index (χ4v) is 31.9. The smallest absolute Gasteiger partial charge is 0.413 e. The van der Waals surface area contributed by atoms with Gasteiger partial charge in [0.25, 0.3) is 0 Å². The SMILES string of the molecule is C=C[Si](C)(C)O[Si](C[Si](C)(C)C)(O[Si](C)(OC)OC)O[Si](O)(OC)O[Si](OC)(O[Si](C)(C)C)O[Si](C)(C)C=C. The molecule has 19 heteroatoms. The molecule has 0 fully saturated rings. The van der Waals surface area contributed by atoms with E-state index in [-0.39, 0.29) is 0 Å². The zero-order chi connectivity index (χ0) is 31.2. The molecule has 0 amide bonds. The van der Waals surface area contributed by atoms with Gasteiger partial charge < -0.3 is 47.2 Å². The molecule has 0 aromatic heterocycles. The number of hydrogen-bond donors (Lipinski definition) is 1. The molecule has 0 aliphatic rings. The third-order valence-electron chi connectivity index (χ3n) is 5.10. The molecule has 0 bridgehead atoms. The highest BCUT2D eigenvalue weighted by Gasteiger charge is 2.66. The monoisotopic (exact) mass is 694 g/mol. The van der Waals surface area contributed by atoms with Gasteiger partial charge in [0.05, 0.1) is 0 Å². The van der Waals surface area contributed by atoms with E-state index in [9.17, 15) is 4.80 Å². The minimum Gasteiger partial charge on any atom is -0.413 e. The van der Waals surface area contributed by atoms with Gasteiger partial charge in [-0.3, -0.25) is 0 Å². The second kappa shape index (κ2) is 14.5. The molecule has 0 saturated carbocycles. The van der Waals surface area contributed by atoms with E-state index >= 15 is 0 Å². The molecule has 39 heavy (non-hydrogen) atoms. The molecular weight excluding hydrogens is 641 g/mol. The molecule has 0 aromatic carbocycles. The minimum absolute atomic E-state index is 0.422. The van der Waals surface area contributed by atoms with E-state index in [1.807, 2.05) is 45.8 Å². The van der Waals surface area contributed by atoms with Gasteiger partial charge >= 0.3 is 35.7 Å². The van der Waals surface area contributed by atoms with E-state index in [1.165, 1.54) is 28.4 Å². The molecule has 11 nitrogen and oxygen atoms in total. The van der Waals surface area contributed by atoms with Gasteiger partial charge in [0, 0.05) is 48.7 Å². The Morgan fingerprint density at radius 1 is 0.564 bits per heavy atom. The van der Waals surface area contributed by atoms with Gasteiger partial charge in [-0.1, -0.05) is 31.0 Å². The summed E-state index contributed by atoms with van der Waals surface area (Å²) in [5.41, 5.74) is 3.94. The van der Waals surface area contributed by atoms with Crippen LogP contribution < -0.4 is 0 Å². The lowest BCUT2D eigenvalue weighted by molar-refractivity contribution is 0.0120. The zero-order valence-electron chi connectivity index (χ0n) is 26.8. The molecule has 232 valence electrons. The van der Waals surface area contributed by atoms with Gasteiger partial charge in [0.15, 0.2) is 8.32 Å². The van der Waals surface area contributed by atoms with Crippen molar-refractivity contribution in [1.82, 2.24) is 0 Å². The quantitative estimate of drug-likeness (QED) is 0.180. The van der Waals surface area contributed by atoms with Gasteiger partial charge in [-0.2, -0.15) is 0 Å². The molecule has 3 atom stereocenters. The lowest BCUT2D eigenvalue weighted by Gasteiger charge is -2.45. The predicted molar refractivity (Wildman–Crippen MR) is 173 cm³/mol. The number of hydrogen-bond acceptors (Lipinski definition) is 11. The highest BCUT2D eigenvalue weighted by molar-refractivity contribution is 6.97. The van der Waals surface area contributed by atoms with E-state index in [1.54, 1.807) is 17.9 Å². The molecule has 0 radical (unpaired) electrons. The molecule has 3 unspecified atom stereocenters. The maximum absolute atomic E-state index is 12.0. The van der Waals surface area contributed by atoms with Gasteiger partial charge in [-0.15, -0.1) is 13.2 Å². The molecule has 0 aliphatic heterocycles. The van der Waals surface area contributed by atoms with E-state index in [4.69, 9.17) is 42.4 Å². The first-order valence-electron chi connectivity index (χ1n) is 12.7. The molecule has 0 rings (SSSR count). The summed E-state index contributed by atoms with van der Waals surface area (Å²) in [5.74, 6) is 0. The first kappa shape index (κ1) is 39.8. The van der Waals surface area contributed by atoms with Crippen molar-refractivity contribution in [3.63, 3.8) is 0 Å². The van der Waals surface area contributed by atoms with E-state index in [2.05, 4.69) is 32.8 Å². The molecule has 1 N–H and O–H groups in total. The van der Waals surface area contributed by atoms with Crippen molar-refractivity contribution >= 4 is 68.7 Å². The number of rotatable bonds is 20. The molecule has 0 heterocycles. The lowest BCUT2D eigenvalue weighted by atomic mass is 11.3. The van der Waals surface area contributed by atoms with E-state index in [0.717, 1.165) is 0 Å². The molecule has 0 aromatic rings. The third-order valence-corrected chi connectivity index (χ3v) is 32.5. The van der Waals surface area contributed by atoms with Gasteiger partial charge in [0.2, 0.25) is 16.6 Å². The van der Waals surface area contributed by atoms with Crippen LogP contribution in [0, 0.1) is 0 Å². The van der Waals surface area contributed by atoms with Crippen molar-refractivity contribution in [3.8, 4) is 0 Å².